The number of rotatable bonds is 3. The molecule has 5 heteroatoms. The highest BCUT2D eigenvalue weighted by Gasteiger charge is 1.97. The standard InChI is InChI=1S/C7H7N5/c8-3-1-2-4-12-10-6-7(5-9)11-12/h6H,1-2,4H2. The summed E-state index contributed by atoms with van der Waals surface area (Å²) in [5.41, 5.74) is 0.312. The maximum Gasteiger partial charge on any atom is 0.182 e. The van der Waals surface area contributed by atoms with Gasteiger partial charge in [-0.2, -0.15) is 20.4 Å². The van der Waals surface area contributed by atoms with Gasteiger partial charge in [0.2, 0.25) is 0 Å². The van der Waals surface area contributed by atoms with Gasteiger partial charge in [-0.05, 0) is 6.42 Å². The summed E-state index contributed by atoms with van der Waals surface area (Å²) in [6, 6.07) is 3.90. The molecule has 12 heavy (non-hydrogen) atoms. The predicted molar refractivity (Wildman–Crippen MR) is 39.6 cm³/mol. The quantitative estimate of drug-likeness (QED) is 0.603. The summed E-state index contributed by atoms with van der Waals surface area (Å²) in [6.45, 7) is 0.592. The summed E-state index contributed by atoms with van der Waals surface area (Å²) in [6.07, 6.45) is 2.62. The molecule has 0 amide bonds. The maximum atomic E-state index is 8.40. The normalized spacial score (nSPS) is 8.83. The van der Waals surface area contributed by atoms with Crippen LogP contribution in [0.2, 0.25) is 0 Å². The van der Waals surface area contributed by atoms with Crippen LogP contribution < -0.4 is 0 Å². The van der Waals surface area contributed by atoms with E-state index in [1.165, 1.54) is 11.0 Å². The molecule has 0 fully saturated rings. The minimum Gasteiger partial charge on any atom is -0.198 e. The van der Waals surface area contributed by atoms with Crippen molar-refractivity contribution in [2.75, 3.05) is 0 Å². The number of hydrogen-bond acceptors (Lipinski definition) is 4. The first-order chi connectivity index (χ1) is 5.86. The number of aryl methyl sites for hydroxylation is 1. The highest BCUT2D eigenvalue weighted by atomic mass is 15.5. The van der Waals surface area contributed by atoms with Crippen molar-refractivity contribution in [2.24, 2.45) is 0 Å². The number of aromatic nitrogens is 3. The van der Waals surface area contributed by atoms with Crippen molar-refractivity contribution in [1.29, 1.82) is 10.5 Å². The Balaban J connectivity index is 2.44. The lowest BCUT2D eigenvalue weighted by molar-refractivity contribution is 0.516. The zero-order valence-corrected chi connectivity index (χ0v) is 6.43. The highest BCUT2D eigenvalue weighted by molar-refractivity contribution is 5.12. The van der Waals surface area contributed by atoms with Crippen LogP contribution in [0.3, 0.4) is 0 Å². The minimum atomic E-state index is 0.312. The first-order valence-corrected chi connectivity index (χ1v) is 3.54. The van der Waals surface area contributed by atoms with Crippen LogP contribution in [0.4, 0.5) is 0 Å². The van der Waals surface area contributed by atoms with Crippen molar-refractivity contribution in [3.63, 3.8) is 0 Å². The Morgan fingerprint density at radius 1 is 1.50 bits per heavy atom. The fourth-order valence-electron chi connectivity index (χ4n) is 0.756. The lowest BCUT2D eigenvalue weighted by atomic mass is 10.3. The van der Waals surface area contributed by atoms with Crippen LogP contribution in [0.25, 0.3) is 0 Å². The number of unbranched alkanes of at least 4 members (excludes halogenated alkanes) is 1. The zero-order valence-electron chi connectivity index (χ0n) is 6.43. The van der Waals surface area contributed by atoms with E-state index in [1.807, 2.05) is 12.1 Å². The van der Waals surface area contributed by atoms with E-state index in [9.17, 15) is 0 Å². The molecule has 0 saturated heterocycles. The van der Waals surface area contributed by atoms with E-state index in [0.717, 1.165) is 6.42 Å². The smallest absolute Gasteiger partial charge is 0.182 e. The molecule has 1 aromatic heterocycles. The van der Waals surface area contributed by atoms with Gasteiger partial charge < -0.3 is 0 Å². The van der Waals surface area contributed by atoms with Gasteiger partial charge in [0.25, 0.3) is 0 Å². The summed E-state index contributed by atoms with van der Waals surface area (Å²) < 4.78 is 0. The number of nitrogens with zero attached hydrogens (tertiary/aromatic N) is 5. The molecule has 0 aliphatic rings. The molecule has 1 rings (SSSR count). The second-order valence-electron chi connectivity index (χ2n) is 2.20. The molecule has 0 spiro atoms. The van der Waals surface area contributed by atoms with Crippen LogP contribution in [0.1, 0.15) is 18.5 Å². The second-order valence-corrected chi connectivity index (χ2v) is 2.20. The second kappa shape index (κ2) is 4.09. The van der Waals surface area contributed by atoms with Gasteiger partial charge in [0.05, 0.1) is 18.8 Å². The summed E-state index contributed by atoms with van der Waals surface area (Å²) in [5.74, 6) is 0. The molecule has 0 N–H and O–H groups in total. The zero-order chi connectivity index (χ0) is 8.81. The van der Waals surface area contributed by atoms with Crippen LogP contribution >= 0.6 is 0 Å². The van der Waals surface area contributed by atoms with E-state index in [1.54, 1.807) is 0 Å². The third-order valence-electron chi connectivity index (χ3n) is 1.30. The largest absolute Gasteiger partial charge is 0.198 e. The third-order valence-corrected chi connectivity index (χ3v) is 1.30. The van der Waals surface area contributed by atoms with Crippen molar-refractivity contribution >= 4 is 0 Å². The molecular formula is C7H7N5. The first-order valence-electron chi connectivity index (χ1n) is 3.54. The van der Waals surface area contributed by atoms with Crippen molar-refractivity contribution in [1.82, 2.24) is 15.0 Å². The molecule has 0 bridgehead atoms. The third kappa shape index (κ3) is 2.06. The molecule has 0 radical (unpaired) electrons. The molecule has 0 aliphatic heterocycles. The topological polar surface area (TPSA) is 78.3 Å². The average Bonchev–Trinajstić information content (AvgIpc) is 2.53. The van der Waals surface area contributed by atoms with E-state index in [0.29, 0.717) is 18.7 Å². The Morgan fingerprint density at radius 3 is 2.92 bits per heavy atom. The Bertz CT molecular complexity index is 326. The van der Waals surface area contributed by atoms with Crippen LogP contribution in [-0.4, -0.2) is 15.0 Å². The summed E-state index contributed by atoms with van der Waals surface area (Å²) in [4.78, 5) is 1.43. The lowest BCUT2D eigenvalue weighted by Crippen LogP contribution is -2.01. The van der Waals surface area contributed by atoms with Crippen LogP contribution in [-0.2, 0) is 6.54 Å². The molecule has 5 nitrogen and oxygen atoms in total. The van der Waals surface area contributed by atoms with Crippen LogP contribution in [0.5, 0.6) is 0 Å². The lowest BCUT2D eigenvalue weighted by Gasteiger charge is -1.93. The van der Waals surface area contributed by atoms with Gasteiger partial charge in [-0.3, -0.25) is 0 Å². The van der Waals surface area contributed by atoms with Crippen LogP contribution in [0.15, 0.2) is 6.20 Å². The van der Waals surface area contributed by atoms with E-state index in [-0.39, 0.29) is 0 Å². The average molecular weight is 161 g/mol. The molecular weight excluding hydrogens is 154 g/mol. The van der Waals surface area contributed by atoms with Gasteiger partial charge in [-0.15, -0.1) is 5.10 Å². The molecule has 1 aromatic rings. The minimum absolute atomic E-state index is 0.312. The van der Waals surface area contributed by atoms with E-state index < -0.39 is 0 Å². The highest BCUT2D eigenvalue weighted by Crippen LogP contribution is 1.92. The Morgan fingerprint density at radius 2 is 2.33 bits per heavy atom. The molecule has 60 valence electrons. The number of nitriles is 2. The SMILES string of the molecule is N#CCCCn1ncc(C#N)n1. The van der Waals surface area contributed by atoms with Gasteiger partial charge in [0.15, 0.2) is 5.69 Å². The Kier molecular flexibility index (Phi) is 2.80. The molecule has 0 saturated carbocycles. The van der Waals surface area contributed by atoms with Crippen molar-refractivity contribution < 1.29 is 0 Å². The number of hydrogen-bond donors (Lipinski definition) is 0. The fourth-order valence-corrected chi connectivity index (χ4v) is 0.756. The van der Waals surface area contributed by atoms with Crippen molar-refractivity contribution in [2.45, 2.75) is 19.4 Å². The van der Waals surface area contributed by atoms with E-state index in [2.05, 4.69) is 10.2 Å². The first kappa shape index (κ1) is 8.22. The van der Waals surface area contributed by atoms with Gasteiger partial charge in [0.1, 0.15) is 6.07 Å². The van der Waals surface area contributed by atoms with Gasteiger partial charge >= 0.3 is 0 Å². The van der Waals surface area contributed by atoms with E-state index >= 15 is 0 Å². The van der Waals surface area contributed by atoms with Gasteiger partial charge in [0, 0.05) is 6.42 Å². The molecule has 0 aromatic carbocycles. The monoisotopic (exact) mass is 161 g/mol. The summed E-state index contributed by atoms with van der Waals surface area (Å²) in [7, 11) is 0. The van der Waals surface area contributed by atoms with Crippen LogP contribution in [0, 0.1) is 22.7 Å². The van der Waals surface area contributed by atoms with Crippen molar-refractivity contribution in [3.05, 3.63) is 11.9 Å². The van der Waals surface area contributed by atoms with Gasteiger partial charge in [-0.25, -0.2) is 0 Å². The Labute approximate surface area is 69.8 Å². The summed E-state index contributed by atoms with van der Waals surface area (Å²) >= 11 is 0. The fraction of sp³-hybridized carbons (Fsp3) is 0.429. The van der Waals surface area contributed by atoms with E-state index in [4.69, 9.17) is 10.5 Å². The Hall–Kier alpha value is -1.88. The molecule has 0 unspecified atom stereocenters. The summed E-state index contributed by atoms with van der Waals surface area (Å²) in [5, 5.41) is 24.3. The van der Waals surface area contributed by atoms with Crippen molar-refractivity contribution in [3.8, 4) is 12.1 Å². The molecule has 0 aliphatic carbocycles. The maximum absolute atomic E-state index is 8.40. The predicted octanol–water partition coefficient (Wildman–Crippen LogP) is 0.454. The molecule has 1 heterocycles. The van der Waals surface area contributed by atoms with Gasteiger partial charge in [-0.1, -0.05) is 0 Å². The molecule has 0 atom stereocenters.